The Labute approximate surface area is 259 Å². The standard InChI is InChI=1S/C42H27N3/c1-2-8-30(9-3-1)45-41-13-7-5-11-32(41)36-25-29(17-21-42(36)45)28-16-20-40-35(24-28)34-23-27(15-19-39(34)44-40)26-14-18-38-33(22-26)31-10-4-6-12-37(31)43-38/h1-25,43-44H. The molecular weight excluding hydrogens is 546 g/mol. The van der Waals surface area contributed by atoms with Crippen LogP contribution >= 0.6 is 0 Å². The Balaban J connectivity index is 1.12. The van der Waals surface area contributed by atoms with E-state index in [2.05, 4.69) is 166 Å². The summed E-state index contributed by atoms with van der Waals surface area (Å²) in [5.41, 5.74) is 13.1. The van der Waals surface area contributed by atoms with Crippen molar-refractivity contribution in [2.75, 3.05) is 0 Å². The van der Waals surface area contributed by atoms with E-state index in [1.807, 2.05) is 0 Å². The minimum Gasteiger partial charge on any atom is -0.355 e. The highest BCUT2D eigenvalue weighted by Crippen LogP contribution is 2.38. The fourth-order valence-electron chi connectivity index (χ4n) is 7.29. The third kappa shape index (κ3) is 3.65. The van der Waals surface area contributed by atoms with Crippen LogP contribution in [-0.4, -0.2) is 14.5 Å². The van der Waals surface area contributed by atoms with E-state index in [-0.39, 0.29) is 0 Å². The predicted octanol–water partition coefficient (Wildman–Crippen LogP) is 11.4. The number of H-pyrrole nitrogens is 2. The summed E-state index contributed by atoms with van der Waals surface area (Å²) in [5, 5.41) is 7.53. The zero-order valence-electron chi connectivity index (χ0n) is 24.4. The molecule has 0 aliphatic rings. The van der Waals surface area contributed by atoms with Crippen LogP contribution in [0.2, 0.25) is 0 Å². The van der Waals surface area contributed by atoms with Crippen molar-refractivity contribution in [3.63, 3.8) is 0 Å². The minimum atomic E-state index is 1.15. The summed E-state index contributed by atoms with van der Waals surface area (Å²) < 4.78 is 2.37. The number of rotatable bonds is 3. The van der Waals surface area contributed by atoms with Gasteiger partial charge in [-0.1, -0.05) is 78.9 Å². The molecule has 0 aliphatic carbocycles. The molecule has 10 aromatic rings. The molecule has 210 valence electrons. The molecule has 45 heavy (non-hydrogen) atoms. The molecule has 0 saturated heterocycles. The molecule has 3 aromatic heterocycles. The zero-order valence-corrected chi connectivity index (χ0v) is 24.4. The molecule has 2 N–H and O–H groups in total. The lowest BCUT2D eigenvalue weighted by Gasteiger charge is -2.08. The Morgan fingerprint density at radius 3 is 1.40 bits per heavy atom. The maximum absolute atomic E-state index is 3.65. The van der Waals surface area contributed by atoms with Gasteiger partial charge in [0.25, 0.3) is 0 Å². The second kappa shape index (κ2) is 9.22. The Morgan fingerprint density at radius 2 is 0.756 bits per heavy atom. The number of fused-ring (bicyclic) bond motifs is 9. The smallest absolute Gasteiger partial charge is 0.0541 e. The fourth-order valence-corrected chi connectivity index (χ4v) is 7.29. The van der Waals surface area contributed by atoms with E-state index in [0.717, 1.165) is 11.0 Å². The van der Waals surface area contributed by atoms with Crippen molar-refractivity contribution >= 4 is 65.4 Å². The highest BCUT2D eigenvalue weighted by Gasteiger charge is 2.14. The number of nitrogens with one attached hydrogen (secondary N) is 2. The largest absolute Gasteiger partial charge is 0.355 e. The Bertz CT molecular complexity index is 2760. The monoisotopic (exact) mass is 573 g/mol. The first-order valence-corrected chi connectivity index (χ1v) is 15.4. The van der Waals surface area contributed by atoms with Crippen LogP contribution in [0.15, 0.2) is 152 Å². The summed E-state index contributed by atoms with van der Waals surface area (Å²) in [5.74, 6) is 0. The third-order valence-electron chi connectivity index (χ3n) is 9.46. The van der Waals surface area contributed by atoms with Gasteiger partial charge < -0.3 is 14.5 Å². The van der Waals surface area contributed by atoms with E-state index in [0.29, 0.717) is 0 Å². The van der Waals surface area contributed by atoms with E-state index < -0.39 is 0 Å². The number of aromatic nitrogens is 3. The quantitative estimate of drug-likeness (QED) is 0.211. The van der Waals surface area contributed by atoms with E-state index in [4.69, 9.17) is 0 Å². The van der Waals surface area contributed by atoms with Gasteiger partial charge in [-0.2, -0.15) is 0 Å². The number of para-hydroxylation sites is 3. The van der Waals surface area contributed by atoms with Gasteiger partial charge in [-0.3, -0.25) is 0 Å². The summed E-state index contributed by atoms with van der Waals surface area (Å²) in [4.78, 5) is 7.20. The highest BCUT2D eigenvalue weighted by atomic mass is 15.0. The van der Waals surface area contributed by atoms with Crippen molar-refractivity contribution in [2.45, 2.75) is 0 Å². The van der Waals surface area contributed by atoms with E-state index in [1.165, 1.54) is 82.3 Å². The van der Waals surface area contributed by atoms with Gasteiger partial charge in [0.05, 0.1) is 11.0 Å². The molecule has 3 heterocycles. The molecule has 10 rings (SSSR count). The van der Waals surface area contributed by atoms with Crippen LogP contribution in [0.25, 0.3) is 93.4 Å². The summed E-state index contributed by atoms with van der Waals surface area (Å²) >= 11 is 0. The molecule has 0 saturated carbocycles. The highest BCUT2D eigenvalue weighted by molar-refractivity contribution is 6.13. The van der Waals surface area contributed by atoms with Crippen LogP contribution < -0.4 is 0 Å². The average molecular weight is 574 g/mol. The van der Waals surface area contributed by atoms with Crippen LogP contribution in [0.4, 0.5) is 0 Å². The summed E-state index contributed by atoms with van der Waals surface area (Å²) in [6, 6.07) is 55.1. The first-order chi connectivity index (χ1) is 22.3. The van der Waals surface area contributed by atoms with E-state index in [9.17, 15) is 0 Å². The molecule has 0 atom stereocenters. The van der Waals surface area contributed by atoms with Crippen molar-refractivity contribution in [1.82, 2.24) is 14.5 Å². The Kier molecular flexibility index (Phi) is 5.00. The molecule has 3 heteroatoms. The van der Waals surface area contributed by atoms with Crippen LogP contribution in [-0.2, 0) is 0 Å². The zero-order chi connectivity index (χ0) is 29.5. The number of nitrogens with zero attached hydrogens (tertiary/aromatic N) is 1. The lowest BCUT2D eigenvalue weighted by Crippen LogP contribution is -1.92. The predicted molar refractivity (Wildman–Crippen MR) is 190 cm³/mol. The van der Waals surface area contributed by atoms with Crippen molar-refractivity contribution in [1.29, 1.82) is 0 Å². The topological polar surface area (TPSA) is 36.5 Å². The number of hydrogen-bond donors (Lipinski definition) is 2. The second-order valence-corrected chi connectivity index (χ2v) is 12.0. The van der Waals surface area contributed by atoms with Crippen molar-refractivity contribution < 1.29 is 0 Å². The molecule has 0 amide bonds. The first-order valence-electron chi connectivity index (χ1n) is 15.4. The SMILES string of the molecule is c1ccc(-n2c3ccccc3c3cc(-c4ccc5[nH]c6ccc(-c7ccc8[nH]c9ccccc9c8c7)cc6c5c4)ccc32)cc1. The van der Waals surface area contributed by atoms with Gasteiger partial charge in [-0.25, -0.2) is 0 Å². The Hall–Kier alpha value is -6.06. The average Bonchev–Trinajstić information content (AvgIpc) is 3.77. The number of hydrogen-bond acceptors (Lipinski definition) is 0. The van der Waals surface area contributed by atoms with Gasteiger partial charge in [0.15, 0.2) is 0 Å². The van der Waals surface area contributed by atoms with Gasteiger partial charge in [0, 0.05) is 60.1 Å². The number of benzene rings is 7. The fraction of sp³-hybridized carbons (Fsp3) is 0. The first kappa shape index (κ1) is 24.4. The van der Waals surface area contributed by atoms with Gasteiger partial charge in [-0.15, -0.1) is 0 Å². The molecule has 0 aliphatic heterocycles. The lowest BCUT2D eigenvalue weighted by atomic mass is 9.98. The van der Waals surface area contributed by atoms with Crippen LogP contribution in [0.1, 0.15) is 0 Å². The molecule has 0 bridgehead atoms. The van der Waals surface area contributed by atoms with Gasteiger partial charge in [0.1, 0.15) is 0 Å². The van der Waals surface area contributed by atoms with Crippen LogP contribution in [0.3, 0.4) is 0 Å². The van der Waals surface area contributed by atoms with Crippen molar-refractivity contribution in [2.24, 2.45) is 0 Å². The normalized spacial score (nSPS) is 12.0. The van der Waals surface area contributed by atoms with Crippen molar-refractivity contribution in [3.05, 3.63) is 152 Å². The summed E-state index contributed by atoms with van der Waals surface area (Å²) in [6.45, 7) is 0. The summed E-state index contributed by atoms with van der Waals surface area (Å²) in [6.07, 6.45) is 0. The molecule has 7 aromatic carbocycles. The van der Waals surface area contributed by atoms with Crippen LogP contribution in [0, 0.1) is 0 Å². The van der Waals surface area contributed by atoms with Gasteiger partial charge >= 0.3 is 0 Å². The molecule has 0 unspecified atom stereocenters. The summed E-state index contributed by atoms with van der Waals surface area (Å²) in [7, 11) is 0. The molecule has 0 fully saturated rings. The van der Waals surface area contributed by atoms with Gasteiger partial charge in [-0.05, 0) is 95.1 Å². The molecular formula is C42H27N3. The lowest BCUT2D eigenvalue weighted by molar-refractivity contribution is 1.18. The maximum Gasteiger partial charge on any atom is 0.0541 e. The Morgan fingerprint density at radius 1 is 0.311 bits per heavy atom. The third-order valence-corrected chi connectivity index (χ3v) is 9.46. The van der Waals surface area contributed by atoms with E-state index in [1.54, 1.807) is 0 Å². The molecule has 3 nitrogen and oxygen atoms in total. The van der Waals surface area contributed by atoms with E-state index >= 15 is 0 Å². The molecule has 0 spiro atoms. The second-order valence-electron chi connectivity index (χ2n) is 12.0. The number of aromatic amines is 2. The minimum absolute atomic E-state index is 1.15. The maximum atomic E-state index is 3.65. The van der Waals surface area contributed by atoms with Crippen molar-refractivity contribution in [3.8, 4) is 27.9 Å². The van der Waals surface area contributed by atoms with Crippen LogP contribution in [0.5, 0.6) is 0 Å². The molecule has 0 radical (unpaired) electrons. The van der Waals surface area contributed by atoms with Gasteiger partial charge in [0.2, 0.25) is 0 Å².